The van der Waals surface area contributed by atoms with Crippen LogP contribution in [0.1, 0.15) is 11.1 Å². The molecule has 1 aliphatic heterocycles. The Balaban J connectivity index is 1.70. The number of nitrogens with one attached hydrogen (secondary N) is 1. The number of nitrogens with zero attached hydrogens (tertiary/aromatic N) is 2. The van der Waals surface area contributed by atoms with E-state index in [9.17, 15) is 14.4 Å². The summed E-state index contributed by atoms with van der Waals surface area (Å²) in [7, 11) is 1.20. The summed E-state index contributed by atoms with van der Waals surface area (Å²) >= 11 is 6.31. The molecule has 1 aliphatic rings. The molecule has 1 N–H and O–H groups in total. The van der Waals surface area contributed by atoms with Crippen molar-refractivity contribution in [3.63, 3.8) is 0 Å². The zero-order valence-corrected chi connectivity index (χ0v) is 16.8. The van der Waals surface area contributed by atoms with Gasteiger partial charge >= 0.3 is 12.0 Å². The zero-order valence-electron chi connectivity index (χ0n) is 16.1. The third-order valence-corrected chi connectivity index (χ3v) is 5.26. The number of amides is 3. The minimum absolute atomic E-state index is 0.101. The number of imide groups is 1. The molecule has 0 bridgehead atoms. The summed E-state index contributed by atoms with van der Waals surface area (Å²) in [5, 5.41) is 4.12. The number of carbonyl (C=O) groups is 3. The lowest BCUT2D eigenvalue weighted by atomic mass is 10.1. The van der Waals surface area contributed by atoms with Crippen molar-refractivity contribution in [2.45, 2.75) is 6.54 Å². The maximum atomic E-state index is 12.6. The molecule has 0 atom stereocenters. The first-order valence-corrected chi connectivity index (χ1v) is 9.58. The maximum absolute atomic E-state index is 12.6. The fourth-order valence-electron chi connectivity index (χ4n) is 3.40. The molecule has 1 aromatic heterocycles. The van der Waals surface area contributed by atoms with Crippen LogP contribution in [0.25, 0.3) is 17.0 Å². The number of benzene rings is 2. The Labute approximate surface area is 177 Å². The quantitative estimate of drug-likeness (QED) is 0.387. The lowest BCUT2D eigenvalue weighted by Gasteiger charge is -2.08. The fraction of sp³-hybridized carbons (Fsp3) is 0.136. The molecular weight excluding hydrogens is 406 g/mol. The van der Waals surface area contributed by atoms with Gasteiger partial charge in [0.1, 0.15) is 12.2 Å². The standard InChI is InChI=1S/C22H18ClN3O4/c1-30-20(27)13-26-21(28)18(24-22(26)29)10-15-12-25(19-9-5-3-7-16(15)19)11-14-6-2-4-8-17(14)23/h2-10,12H,11,13H2,1H3,(H,24,29). The number of methoxy groups -OCH3 is 1. The highest BCUT2D eigenvalue weighted by atomic mass is 35.5. The number of hydrogen-bond donors (Lipinski definition) is 1. The van der Waals surface area contributed by atoms with Crippen LogP contribution in [0.15, 0.2) is 60.4 Å². The van der Waals surface area contributed by atoms with Crippen LogP contribution in [-0.2, 0) is 20.9 Å². The molecule has 152 valence electrons. The van der Waals surface area contributed by atoms with E-state index in [1.54, 1.807) is 6.08 Å². The third-order valence-electron chi connectivity index (χ3n) is 4.89. The number of esters is 1. The molecule has 0 radical (unpaired) electrons. The van der Waals surface area contributed by atoms with Crippen LogP contribution in [0.5, 0.6) is 0 Å². The molecule has 7 nitrogen and oxygen atoms in total. The molecule has 0 unspecified atom stereocenters. The number of halogens is 1. The number of para-hydroxylation sites is 1. The molecule has 3 amide bonds. The summed E-state index contributed by atoms with van der Waals surface area (Å²) in [4.78, 5) is 37.0. The van der Waals surface area contributed by atoms with Crippen molar-refractivity contribution in [3.05, 3.63) is 76.6 Å². The molecule has 1 fully saturated rings. The van der Waals surface area contributed by atoms with E-state index < -0.39 is 24.5 Å². The van der Waals surface area contributed by atoms with Gasteiger partial charge in [0.25, 0.3) is 5.91 Å². The Kier molecular flexibility index (Phi) is 5.29. The molecule has 3 aromatic rings. The van der Waals surface area contributed by atoms with Crippen molar-refractivity contribution in [2.24, 2.45) is 0 Å². The monoisotopic (exact) mass is 423 g/mol. The minimum Gasteiger partial charge on any atom is -0.468 e. The van der Waals surface area contributed by atoms with Crippen LogP contribution in [0.2, 0.25) is 5.02 Å². The van der Waals surface area contributed by atoms with Gasteiger partial charge < -0.3 is 14.6 Å². The van der Waals surface area contributed by atoms with Gasteiger partial charge in [-0.05, 0) is 23.8 Å². The Bertz CT molecular complexity index is 1200. The van der Waals surface area contributed by atoms with Crippen LogP contribution in [0.4, 0.5) is 4.79 Å². The lowest BCUT2D eigenvalue weighted by molar-refractivity contribution is -0.143. The second-order valence-electron chi connectivity index (χ2n) is 6.78. The molecule has 0 saturated carbocycles. The second-order valence-corrected chi connectivity index (χ2v) is 7.18. The van der Waals surface area contributed by atoms with Gasteiger partial charge in [-0.3, -0.25) is 9.59 Å². The van der Waals surface area contributed by atoms with Crippen molar-refractivity contribution in [3.8, 4) is 0 Å². The second kappa shape index (κ2) is 8.04. The Morgan fingerprint density at radius 1 is 1.13 bits per heavy atom. The zero-order chi connectivity index (χ0) is 21.3. The van der Waals surface area contributed by atoms with Crippen LogP contribution in [-0.4, -0.2) is 41.0 Å². The smallest absolute Gasteiger partial charge is 0.329 e. The molecule has 2 heterocycles. The van der Waals surface area contributed by atoms with E-state index in [4.69, 9.17) is 11.6 Å². The SMILES string of the molecule is COC(=O)CN1C(=O)NC(=Cc2cn(Cc3ccccc3Cl)c3ccccc23)C1=O. The predicted molar refractivity (Wildman–Crippen MR) is 113 cm³/mol. The normalized spacial score (nSPS) is 15.1. The molecular formula is C22H18ClN3O4. The molecule has 0 spiro atoms. The summed E-state index contributed by atoms with van der Waals surface area (Å²) in [6.45, 7) is 0.116. The van der Waals surface area contributed by atoms with Crippen LogP contribution >= 0.6 is 11.6 Å². The maximum Gasteiger partial charge on any atom is 0.329 e. The highest BCUT2D eigenvalue weighted by molar-refractivity contribution is 6.31. The van der Waals surface area contributed by atoms with Gasteiger partial charge in [-0.15, -0.1) is 0 Å². The van der Waals surface area contributed by atoms with Crippen LogP contribution in [0, 0.1) is 0 Å². The van der Waals surface area contributed by atoms with Gasteiger partial charge in [0.2, 0.25) is 0 Å². The van der Waals surface area contributed by atoms with Crippen LogP contribution in [0.3, 0.4) is 0 Å². The topological polar surface area (TPSA) is 80.6 Å². The van der Waals surface area contributed by atoms with E-state index in [2.05, 4.69) is 10.1 Å². The molecule has 4 rings (SSSR count). The Hall–Kier alpha value is -3.58. The number of urea groups is 1. The first kappa shape index (κ1) is 19.7. The van der Waals surface area contributed by atoms with E-state index in [0.717, 1.165) is 26.9 Å². The molecule has 1 saturated heterocycles. The van der Waals surface area contributed by atoms with Gasteiger partial charge in [0.15, 0.2) is 0 Å². The summed E-state index contributed by atoms with van der Waals surface area (Å²) in [6, 6.07) is 14.7. The number of ether oxygens (including phenoxy) is 1. The fourth-order valence-corrected chi connectivity index (χ4v) is 3.59. The summed E-state index contributed by atoms with van der Waals surface area (Å²) < 4.78 is 6.58. The largest absolute Gasteiger partial charge is 0.468 e. The summed E-state index contributed by atoms with van der Waals surface area (Å²) in [5.74, 6) is -1.25. The third kappa shape index (κ3) is 3.67. The minimum atomic E-state index is -0.670. The van der Waals surface area contributed by atoms with Crippen LogP contribution < -0.4 is 5.32 Å². The first-order valence-electron chi connectivity index (χ1n) is 9.20. The lowest BCUT2D eigenvalue weighted by Crippen LogP contribution is -2.36. The van der Waals surface area contributed by atoms with Crippen molar-refractivity contribution >= 4 is 46.5 Å². The molecule has 2 aromatic carbocycles. The molecule has 0 aliphatic carbocycles. The highest BCUT2D eigenvalue weighted by Crippen LogP contribution is 2.27. The van der Waals surface area contributed by atoms with Gasteiger partial charge in [-0.1, -0.05) is 48.0 Å². The van der Waals surface area contributed by atoms with E-state index in [0.29, 0.717) is 11.6 Å². The number of aromatic nitrogens is 1. The van der Waals surface area contributed by atoms with E-state index in [1.807, 2.05) is 59.3 Å². The number of fused-ring (bicyclic) bond motifs is 1. The van der Waals surface area contributed by atoms with Crippen molar-refractivity contribution < 1.29 is 19.1 Å². The number of hydrogen-bond acceptors (Lipinski definition) is 4. The van der Waals surface area contributed by atoms with E-state index >= 15 is 0 Å². The Morgan fingerprint density at radius 2 is 1.87 bits per heavy atom. The number of rotatable bonds is 5. The predicted octanol–water partition coefficient (Wildman–Crippen LogP) is 3.41. The molecule has 30 heavy (non-hydrogen) atoms. The van der Waals surface area contributed by atoms with Crippen molar-refractivity contribution in [1.29, 1.82) is 0 Å². The van der Waals surface area contributed by atoms with E-state index in [1.165, 1.54) is 7.11 Å². The average Bonchev–Trinajstić information content (AvgIpc) is 3.22. The van der Waals surface area contributed by atoms with Gasteiger partial charge in [0.05, 0.1) is 7.11 Å². The van der Waals surface area contributed by atoms with Gasteiger partial charge in [0, 0.05) is 34.2 Å². The van der Waals surface area contributed by atoms with Gasteiger partial charge in [-0.25, -0.2) is 9.69 Å². The summed E-state index contributed by atoms with van der Waals surface area (Å²) in [5.41, 5.74) is 2.80. The van der Waals surface area contributed by atoms with Crippen molar-refractivity contribution in [1.82, 2.24) is 14.8 Å². The molecule has 8 heteroatoms. The first-order chi connectivity index (χ1) is 14.5. The van der Waals surface area contributed by atoms with E-state index in [-0.39, 0.29) is 5.70 Å². The number of carbonyl (C=O) groups excluding carboxylic acids is 3. The van der Waals surface area contributed by atoms with Crippen molar-refractivity contribution in [2.75, 3.05) is 13.7 Å². The summed E-state index contributed by atoms with van der Waals surface area (Å²) in [6.07, 6.45) is 3.52. The van der Waals surface area contributed by atoms with Gasteiger partial charge in [-0.2, -0.15) is 0 Å². The Morgan fingerprint density at radius 3 is 2.63 bits per heavy atom. The highest BCUT2D eigenvalue weighted by Gasteiger charge is 2.35. The average molecular weight is 424 g/mol.